The van der Waals surface area contributed by atoms with Crippen LogP contribution in [0.25, 0.3) is 0 Å². The van der Waals surface area contributed by atoms with Gasteiger partial charge in [0.2, 0.25) is 0 Å². The monoisotopic (exact) mass is 305 g/mol. The van der Waals surface area contributed by atoms with Crippen molar-refractivity contribution in [3.05, 3.63) is 34.1 Å². The molecule has 1 fully saturated rings. The summed E-state index contributed by atoms with van der Waals surface area (Å²) in [5, 5.41) is 12.3. The van der Waals surface area contributed by atoms with E-state index < -0.39 is 12.0 Å². The molecule has 3 nitrogen and oxygen atoms in total. The number of halogens is 2. The van der Waals surface area contributed by atoms with Crippen LogP contribution in [0.4, 0.5) is 4.39 Å². The van der Waals surface area contributed by atoms with Gasteiger partial charge < -0.3 is 15.2 Å². The number of aliphatic carboxylic acids is 1. The van der Waals surface area contributed by atoms with Crippen LogP contribution in [0, 0.1) is 5.82 Å². The number of hydrogen-bond acceptors (Lipinski definition) is 3. The van der Waals surface area contributed by atoms with Gasteiger partial charge in [0.05, 0.1) is 5.75 Å². The van der Waals surface area contributed by atoms with E-state index >= 15 is 0 Å². The highest BCUT2D eigenvalue weighted by Crippen LogP contribution is 2.32. The summed E-state index contributed by atoms with van der Waals surface area (Å²) in [5.74, 6) is -0.901. The average molecular weight is 306 g/mol. The molecule has 0 radical (unpaired) electrons. The molecule has 2 rings (SSSR count). The Morgan fingerprint density at radius 1 is 1.62 bits per heavy atom. The number of carboxylic acids is 1. The van der Waals surface area contributed by atoms with E-state index in [2.05, 4.69) is 15.9 Å². The second kappa shape index (κ2) is 4.73. The van der Waals surface area contributed by atoms with E-state index in [1.165, 1.54) is 23.9 Å². The molecule has 1 saturated heterocycles. The van der Waals surface area contributed by atoms with Gasteiger partial charge in [-0.3, -0.25) is 0 Å². The molecule has 1 aromatic rings. The summed E-state index contributed by atoms with van der Waals surface area (Å²) in [6.07, 6.45) is 0. The normalized spacial score (nSPS) is 24.6. The predicted octanol–water partition coefficient (Wildman–Crippen LogP) is 0.0155. The van der Waals surface area contributed by atoms with Crippen LogP contribution in [-0.2, 0) is 4.79 Å². The molecule has 0 amide bonds. The van der Waals surface area contributed by atoms with E-state index in [9.17, 15) is 14.3 Å². The summed E-state index contributed by atoms with van der Waals surface area (Å²) in [7, 11) is 0. The highest BCUT2D eigenvalue weighted by Gasteiger charge is 2.32. The molecule has 0 unspecified atom stereocenters. The summed E-state index contributed by atoms with van der Waals surface area (Å²) in [4.78, 5) is 10.7. The first kappa shape index (κ1) is 11.9. The zero-order valence-corrected chi connectivity index (χ0v) is 10.6. The maximum absolute atomic E-state index is 13.1. The fourth-order valence-corrected chi connectivity index (χ4v) is 3.58. The summed E-state index contributed by atoms with van der Waals surface area (Å²) in [6.45, 7) is 0. The van der Waals surface area contributed by atoms with Crippen molar-refractivity contribution in [2.24, 2.45) is 0 Å². The summed E-state index contributed by atoms with van der Waals surface area (Å²) >= 11 is 4.82. The van der Waals surface area contributed by atoms with Crippen molar-refractivity contribution >= 4 is 33.7 Å². The first-order chi connectivity index (χ1) is 7.58. The molecule has 1 aromatic carbocycles. The first-order valence-corrected chi connectivity index (χ1v) is 6.54. The molecule has 0 bridgehead atoms. The number of carbonyl (C=O) groups is 1. The molecule has 1 aliphatic heterocycles. The first-order valence-electron chi connectivity index (χ1n) is 4.70. The van der Waals surface area contributed by atoms with Crippen LogP contribution >= 0.6 is 27.7 Å². The number of nitrogens with two attached hydrogens (primary N) is 1. The van der Waals surface area contributed by atoms with Crippen LogP contribution in [0.15, 0.2) is 22.7 Å². The standard InChI is InChI=1S/C10H9BrFNO2S/c11-7-2-1-5(12)3-6(7)9-13-8(4-16-9)10(14)15/h1-3,8-9,13H,4H2,(H,14,15)/t8-,9-/m0/s1. The van der Waals surface area contributed by atoms with Gasteiger partial charge in [-0.15, -0.1) is 0 Å². The van der Waals surface area contributed by atoms with Gasteiger partial charge in [-0.25, -0.2) is 4.39 Å². The number of rotatable bonds is 2. The third-order valence-corrected chi connectivity index (χ3v) is 4.47. The van der Waals surface area contributed by atoms with E-state index in [-0.39, 0.29) is 11.2 Å². The lowest BCUT2D eigenvalue weighted by Gasteiger charge is -2.12. The molecular formula is C10H9BrFNO2S. The fraction of sp³-hybridized carbons (Fsp3) is 0.300. The van der Waals surface area contributed by atoms with Gasteiger partial charge in [0.1, 0.15) is 17.8 Å². The van der Waals surface area contributed by atoms with Crippen LogP contribution in [0.3, 0.4) is 0 Å². The van der Waals surface area contributed by atoms with Crippen molar-refractivity contribution in [3.63, 3.8) is 0 Å². The Bertz CT molecular complexity index is 429. The molecular weight excluding hydrogens is 297 g/mol. The Morgan fingerprint density at radius 2 is 2.38 bits per heavy atom. The van der Waals surface area contributed by atoms with Crippen molar-refractivity contribution in [2.45, 2.75) is 11.4 Å². The number of carbonyl (C=O) groups excluding carboxylic acids is 1. The minimum atomic E-state index is -1.07. The zero-order valence-electron chi connectivity index (χ0n) is 8.15. The lowest BCUT2D eigenvalue weighted by atomic mass is 10.2. The molecule has 0 spiro atoms. The fourth-order valence-electron chi connectivity index (χ4n) is 1.60. The van der Waals surface area contributed by atoms with E-state index in [1.54, 1.807) is 11.4 Å². The predicted molar refractivity (Wildman–Crippen MR) is 60.0 cm³/mol. The van der Waals surface area contributed by atoms with Crippen molar-refractivity contribution in [1.82, 2.24) is 0 Å². The topological polar surface area (TPSA) is 56.7 Å². The number of hydrogen-bond donors (Lipinski definition) is 1. The number of benzene rings is 1. The number of quaternary nitrogens is 1. The van der Waals surface area contributed by atoms with Gasteiger partial charge >= 0.3 is 0 Å². The highest BCUT2D eigenvalue weighted by atomic mass is 79.9. The van der Waals surface area contributed by atoms with E-state index in [0.29, 0.717) is 5.75 Å². The van der Waals surface area contributed by atoms with Gasteiger partial charge in [0.15, 0.2) is 5.37 Å². The van der Waals surface area contributed by atoms with Gasteiger partial charge in [-0.05, 0) is 18.2 Å². The van der Waals surface area contributed by atoms with Crippen LogP contribution in [0.2, 0.25) is 0 Å². The minimum absolute atomic E-state index is 0.0898. The zero-order chi connectivity index (χ0) is 11.7. The van der Waals surface area contributed by atoms with E-state index in [0.717, 1.165) is 10.0 Å². The largest absolute Gasteiger partial charge is 0.544 e. The van der Waals surface area contributed by atoms with Crippen molar-refractivity contribution in [1.29, 1.82) is 0 Å². The van der Waals surface area contributed by atoms with Crippen molar-refractivity contribution in [2.75, 3.05) is 5.75 Å². The Hall–Kier alpha value is -0.590. The lowest BCUT2D eigenvalue weighted by molar-refractivity contribution is -0.690. The van der Waals surface area contributed by atoms with Crippen LogP contribution in [0.1, 0.15) is 10.9 Å². The maximum Gasteiger partial charge on any atom is 0.160 e. The number of thioether (sulfide) groups is 1. The smallest absolute Gasteiger partial charge is 0.160 e. The molecule has 0 aromatic heterocycles. The van der Waals surface area contributed by atoms with Crippen molar-refractivity contribution < 1.29 is 19.6 Å². The van der Waals surface area contributed by atoms with Crippen LogP contribution in [-0.4, -0.2) is 17.8 Å². The van der Waals surface area contributed by atoms with Crippen LogP contribution in [0.5, 0.6) is 0 Å². The summed E-state index contributed by atoms with van der Waals surface area (Å²) in [5.41, 5.74) is 0.772. The summed E-state index contributed by atoms with van der Waals surface area (Å²) < 4.78 is 13.9. The van der Waals surface area contributed by atoms with Gasteiger partial charge in [0, 0.05) is 10.0 Å². The Morgan fingerprint density at radius 3 is 3.00 bits per heavy atom. The maximum atomic E-state index is 13.1. The third kappa shape index (κ3) is 2.39. The van der Waals surface area contributed by atoms with Gasteiger partial charge in [-0.2, -0.15) is 0 Å². The molecule has 16 heavy (non-hydrogen) atoms. The van der Waals surface area contributed by atoms with Crippen molar-refractivity contribution in [3.8, 4) is 0 Å². The Labute approximate surface area is 105 Å². The average Bonchev–Trinajstić information content (AvgIpc) is 2.70. The molecule has 2 N–H and O–H groups in total. The Kier molecular flexibility index (Phi) is 3.51. The second-order valence-electron chi connectivity index (χ2n) is 3.54. The molecule has 1 aliphatic rings. The van der Waals surface area contributed by atoms with Crippen LogP contribution < -0.4 is 10.4 Å². The number of carboxylic acid groups (broad SMARTS) is 1. The molecule has 6 heteroatoms. The van der Waals surface area contributed by atoms with E-state index in [1.807, 2.05) is 0 Å². The summed E-state index contributed by atoms with van der Waals surface area (Å²) in [6, 6.07) is 3.87. The molecule has 0 saturated carbocycles. The van der Waals surface area contributed by atoms with E-state index in [4.69, 9.17) is 0 Å². The van der Waals surface area contributed by atoms with Gasteiger partial charge in [0.25, 0.3) is 0 Å². The third-order valence-electron chi connectivity index (χ3n) is 2.43. The molecule has 0 aliphatic carbocycles. The minimum Gasteiger partial charge on any atom is -0.544 e. The lowest BCUT2D eigenvalue weighted by Crippen LogP contribution is -2.90. The highest BCUT2D eigenvalue weighted by molar-refractivity contribution is 9.10. The Balaban J connectivity index is 2.20. The SMILES string of the molecule is O=C([O-])[C@@H]1CS[C@@H](c2cc(F)ccc2Br)[NH2+]1. The van der Waals surface area contributed by atoms with Gasteiger partial charge in [-0.1, -0.05) is 27.7 Å². The molecule has 2 atom stereocenters. The molecule has 1 heterocycles. The quantitative estimate of drug-likeness (QED) is 0.838. The second-order valence-corrected chi connectivity index (χ2v) is 5.57. The molecule has 86 valence electrons.